The van der Waals surface area contributed by atoms with E-state index in [1.54, 1.807) is 25.8 Å². The highest BCUT2D eigenvalue weighted by Crippen LogP contribution is 2.31. The monoisotopic (exact) mass is 291 g/mol. The van der Waals surface area contributed by atoms with E-state index >= 15 is 0 Å². The van der Waals surface area contributed by atoms with Crippen LogP contribution in [0.25, 0.3) is 0 Å². The molecule has 1 aromatic rings. The molecule has 2 amide bonds. The summed E-state index contributed by atoms with van der Waals surface area (Å²) in [4.78, 5) is 24.3. The second-order valence-corrected chi connectivity index (χ2v) is 6.20. The number of urea groups is 1. The third kappa shape index (κ3) is 3.16. The molecule has 6 heteroatoms. The average molecular weight is 291 g/mol. The molecule has 1 aromatic carbocycles. The van der Waals surface area contributed by atoms with E-state index in [4.69, 9.17) is 5.73 Å². The van der Waals surface area contributed by atoms with Gasteiger partial charge in [0.1, 0.15) is 0 Å². The van der Waals surface area contributed by atoms with Crippen molar-refractivity contribution in [1.29, 1.82) is 0 Å². The summed E-state index contributed by atoms with van der Waals surface area (Å²) in [5.74, 6) is -0.858. The zero-order valence-electron chi connectivity index (χ0n) is 12.5. The zero-order valence-corrected chi connectivity index (χ0v) is 12.5. The quantitative estimate of drug-likeness (QED) is 0.792. The van der Waals surface area contributed by atoms with Crippen molar-refractivity contribution in [3.8, 4) is 0 Å². The maximum Gasteiger partial charge on any atom is 0.321 e. The molecule has 4 N–H and O–H groups in total. The number of fused-ring (bicyclic) bond motifs is 1. The van der Waals surface area contributed by atoms with Crippen LogP contribution >= 0.6 is 0 Å². The van der Waals surface area contributed by atoms with Crippen LogP contribution in [0.4, 0.5) is 10.5 Å². The molecule has 0 bridgehead atoms. The van der Waals surface area contributed by atoms with Crippen LogP contribution in [0.2, 0.25) is 0 Å². The number of carbonyl (C=O) groups excluding carboxylic acids is 1. The molecule has 6 nitrogen and oxygen atoms in total. The lowest BCUT2D eigenvalue weighted by atomic mass is 9.83. The van der Waals surface area contributed by atoms with E-state index in [9.17, 15) is 14.7 Å². The van der Waals surface area contributed by atoms with Crippen LogP contribution in [0.3, 0.4) is 0 Å². The molecule has 0 fully saturated rings. The van der Waals surface area contributed by atoms with Crippen molar-refractivity contribution in [3.05, 3.63) is 29.3 Å². The Hall–Kier alpha value is -2.08. The van der Waals surface area contributed by atoms with Gasteiger partial charge in [0, 0.05) is 25.3 Å². The van der Waals surface area contributed by atoms with Crippen molar-refractivity contribution >= 4 is 17.7 Å². The van der Waals surface area contributed by atoms with Gasteiger partial charge in [0.25, 0.3) is 0 Å². The van der Waals surface area contributed by atoms with E-state index in [0.717, 1.165) is 16.8 Å². The predicted octanol–water partition coefficient (Wildman–Crippen LogP) is 2.16. The summed E-state index contributed by atoms with van der Waals surface area (Å²) in [6.45, 7) is 3.85. The maximum atomic E-state index is 11.6. The Kier molecular flexibility index (Phi) is 3.91. The highest BCUT2D eigenvalue weighted by Gasteiger charge is 2.30. The van der Waals surface area contributed by atoms with E-state index in [1.165, 1.54) is 0 Å². The number of aliphatic carboxylic acids is 1. The summed E-state index contributed by atoms with van der Waals surface area (Å²) in [6.07, 6.45) is 0.351. The van der Waals surface area contributed by atoms with Crippen LogP contribution < -0.4 is 11.1 Å². The minimum Gasteiger partial charge on any atom is -0.481 e. The van der Waals surface area contributed by atoms with Crippen molar-refractivity contribution in [2.75, 3.05) is 12.4 Å². The first-order valence-electron chi connectivity index (χ1n) is 6.84. The Balaban J connectivity index is 2.21. The van der Waals surface area contributed by atoms with Gasteiger partial charge in [-0.15, -0.1) is 0 Å². The first-order valence-corrected chi connectivity index (χ1v) is 6.84. The Labute approximate surface area is 123 Å². The highest BCUT2D eigenvalue weighted by atomic mass is 16.4. The number of anilines is 1. The Morgan fingerprint density at radius 2 is 2.19 bits per heavy atom. The molecule has 1 atom stereocenters. The van der Waals surface area contributed by atoms with Gasteiger partial charge in [0.15, 0.2) is 0 Å². The maximum absolute atomic E-state index is 11.6. The minimum atomic E-state index is -0.875. The lowest BCUT2D eigenvalue weighted by Gasteiger charge is -2.28. The zero-order chi connectivity index (χ0) is 15.8. The van der Waals surface area contributed by atoms with Gasteiger partial charge in [-0.2, -0.15) is 0 Å². The lowest BCUT2D eigenvalue weighted by molar-refractivity contribution is -0.147. The van der Waals surface area contributed by atoms with Crippen molar-refractivity contribution in [2.24, 2.45) is 11.1 Å². The second kappa shape index (κ2) is 5.37. The molecule has 0 spiro atoms. The van der Waals surface area contributed by atoms with Crippen molar-refractivity contribution in [1.82, 2.24) is 4.90 Å². The van der Waals surface area contributed by atoms with Gasteiger partial charge in [0.05, 0.1) is 5.41 Å². The Morgan fingerprint density at radius 3 is 2.81 bits per heavy atom. The fourth-order valence-corrected chi connectivity index (χ4v) is 2.39. The Bertz CT molecular complexity index is 584. The minimum absolute atomic E-state index is 0.133. The van der Waals surface area contributed by atoms with Gasteiger partial charge in [0.2, 0.25) is 0 Å². The number of nitrogens with one attached hydrogen (secondary N) is 1. The number of hydrogen-bond donors (Lipinski definition) is 3. The summed E-state index contributed by atoms with van der Waals surface area (Å²) in [5, 5.41) is 12.0. The van der Waals surface area contributed by atoms with Gasteiger partial charge >= 0.3 is 12.0 Å². The van der Waals surface area contributed by atoms with E-state index in [-0.39, 0.29) is 12.1 Å². The average Bonchev–Trinajstić information content (AvgIpc) is 2.38. The number of rotatable bonds is 4. The molecule has 0 saturated carbocycles. The molecular formula is C15H21N3O3. The Morgan fingerprint density at radius 1 is 1.52 bits per heavy atom. The van der Waals surface area contributed by atoms with Crippen LogP contribution in [0.1, 0.15) is 37.4 Å². The predicted molar refractivity (Wildman–Crippen MR) is 79.9 cm³/mol. The number of nitrogens with two attached hydrogens (primary N) is 1. The van der Waals surface area contributed by atoms with Gasteiger partial charge in [-0.3, -0.25) is 4.79 Å². The fraction of sp³-hybridized carbons (Fsp3) is 0.467. The second-order valence-electron chi connectivity index (χ2n) is 6.20. The number of hydrogen-bond acceptors (Lipinski definition) is 3. The molecule has 1 aliphatic rings. The van der Waals surface area contributed by atoms with E-state index < -0.39 is 11.4 Å². The molecule has 0 saturated heterocycles. The number of benzene rings is 1. The summed E-state index contributed by atoms with van der Waals surface area (Å²) in [6, 6.07) is 5.11. The van der Waals surface area contributed by atoms with Gasteiger partial charge in [-0.25, -0.2) is 4.79 Å². The SMILES string of the molecule is CN1Cc2cc(C(N)CC(C)(C)C(=O)O)ccc2NC1=O. The van der Waals surface area contributed by atoms with E-state index in [2.05, 4.69) is 5.32 Å². The van der Waals surface area contributed by atoms with Crippen molar-refractivity contribution in [3.63, 3.8) is 0 Å². The van der Waals surface area contributed by atoms with Crippen LogP contribution in [0.5, 0.6) is 0 Å². The first kappa shape index (κ1) is 15.3. The van der Waals surface area contributed by atoms with E-state index in [0.29, 0.717) is 13.0 Å². The topological polar surface area (TPSA) is 95.7 Å². The highest BCUT2D eigenvalue weighted by molar-refractivity contribution is 5.92. The number of carboxylic acids is 1. The van der Waals surface area contributed by atoms with Crippen LogP contribution in [0, 0.1) is 5.41 Å². The molecule has 1 heterocycles. The number of carboxylic acid groups (broad SMARTS) is 1. The van der Waals surface area contributed by atoms with Crippen molar-refractivity contribution < 1.29 is 14.7 Å². The molecule has 0 aromatic heterocycles. The van der Waals surface area contributed by atoms with E-state index in [1.807, 2.05) is 18.2 Å². The summed E-state index contributed by atoms with van der Waals surface area (Å²) in [7, 11) is 1.72. The molecule has 1 unspecified atom stereocenters. The smallest absolute Gasteiger partial charge is 0.321 e. The largest absolute Gasteiger partial charge is 0.481 e. The molecule has 114 valence electrons. The molecule has 0 radical (unpaired) electrons. The standard InChI is InChI=1S/C15H21N3O3/c1-15(2,13(19)20)7-11(16)9-4-5-12-10(6-9)8-18(3)14(21)17-12/h4-6,11H,7-8,16H2,1-3H3,(H,17,21)(H,19,20). The van der Waals surface area contributed by atoms with Gasteiger partial charge in [-0.05, 0) is 37.5 Å². The first-order chi connectivity index (χ1) is 9.70. The molecular weight excluding hydrogens is 270 g/mol. The van der Waals surface area contributed by atoms with Gasteiger partial charge < -0.3 is 21.1 Å². The molecule has 1 aliphatic heterocycles. The van der Waals surface area contributed by atoms with Crippen LogP contribution in [-0.2, 0) is 11.3 Å². The normalized spacial score (nSPS) is 16.2. The number of amides is 2. The molecule has 2 rings (SSSR count). The third-order valence-electron chi connectivity index (χ3n) is 3.86. The van der Waals surface area contributed by atoms with Crippen molar-refractivity contribution in [2.45, 2.75) is 32.9 Å². The number of nitrogens with zero attached hydrogens (tertiary/aromatic N) is 1. The molecule has 21 heavy (non-hydrogen) atoms. The lowest BCUT2D eigenvalue weighted by Crippen LogP contribution is -2.35. The number of carbonyl (C=O) groups is 2. The summed E-state index contributed by atoms with van der Waals surface area (Å²) < 4.78 is 0. The van der Waals surface area contributed by atoms with Crippen LogP contribution in [0.15, 0.2) is 18.2 Å². The van der Waals surface area contributed by atoms with Crippen LogP contribution in [-0.4, -0.2) is 29.1 Å². The van der Waals surface area contributed by atoms with Gasteiger partial charge in [-0.1, -0.05) is 12.1 Å². The molecule has 0 aliphatic carbocycles. The third-order valence-corrected chi connectivity index (χ3v) is 3.86. The summed E-state index contributed by atoms with van der Waals surface area (Å²) >= 11 is 0. The fourth-order valence-electron chi connectivity index (χ4n) is 2.39. The summed E-state index contributed by atoms with van der Waals surface area (Å²) in [5.41, 5.74) is 7.93.